The summed E-state index contributed by atoms with van der Waals surface area (Å²) in [6.07, 6.45) is 7.02. The first-order valence-corrected chi connectivity index (χ1v) is 10.4. The molecule has 1 atom stereocenters. The highest BCUT2D eigenvalue weighted by Crippen LogP contribution is 2.41. The molecule has 2 aliphatic heterocycles. The molecule has 27 heavy (non-hydrogen) atoms. The number of benzene rings is 1. The molecule has 4 rings (SSSR count). The maximum Gasteiger partial charge on any atom is 0.230 e. The smallest absolute Gasteiger partial charge is 0.230 e. The predicted octanol–water partition coefficient (Wildman–Crippen LogP) is 3.10. The molecule has 3 aliphatic rings. The van der Waals surface area contributed by atoms with Gasteiger partial charge in [-0.15, -0.1) is 0 Å². The van der Waals surface area contributed by atoms with E-state index in [9.17, 15) is 9.59 Å². The third-order valence-electron chi connectivity index (χ3n) is 6.56. The third-order valence-corrected chi connectivity index (χ3v) is 6.56. The summed E-state index contributed by atoms with van der Waals surface area (Å²) in [5.74, 6) is 1.90. The topological polar surface area (TPSA) is 49.9 Å². The Labute approximate surface area is 161 Å². The summed E-state index contributed by atoms with van der Waals surface area (Å²) in [6.45, 7) is 3.51. The number of hydrogen-bond acceptors (Lipinski definition) is 3. The Kier molecular flexibility index (Phi) is 5.37. The van der Waals surface area contributed by atoms with Gasteiger partial charge in [-0.25, -0.2) is 0 Å². The van der Waals surface area contributed by atoms with Gasteiger partial charge in [0.1, 0.15) is 5.75 Å². The summed E-state index contributed by atoms with van der Waals surface area (Å²) in [7, 11) is 0. The molecule has 0 unspecified atom stereocenters. The Balaban J connectivity index is 1.29. The Morgan fingerprint density at radius 2 is 1.93 bits per heavy atom. The summed E-state index contributed by atoms with van der Waals surface area (Å²) < 4.78 is 5.65. The molecule has 1 aromatic rings. The van der Waals surface area contributed by atoms with E-state index >= 15 is 0 Å². The molecular formula is C22H30N2O3. The van der Waals surface area contributed by atoms with E-state index in [4.69, 9.17) is 4.74 Å². The fourth-order valence-corrected chi connectivity index (χ4v) is 4.71. The van der Waals surface area contributed by atoms with Gasteiger partial charge in [0.25, 0.3) is 0 Å². The van der Waals surface area contributed by atoms with E-state index in [2.05, 4.69) is 4.90 Å². The van der Waals surface area contributed by atoms with E-state index in [1.807, 2.05) is 35.2 Å². The quantitative estimate of drug-likeness (QED) is 0.773. The molecule has 1 aromatic carbocycles. The molecule has 0 radical (unpaired) electrons. The van der Waals surface area contributed by atoms with Crippen LogP contribution in [-0.4, -0.2) is 54.4 Å². The average molecular weight is 370 g/mol. The average Bonchev–Trinajstić information content (AvgIpc) is 3.08. The second kappa shape index (κ2) is 7.91. The van der Waals surface area contributed by atoms with Gasteiger partial charge in [0.15, 0.2) is 0 Å². The molecule has 1 aliphatic carbocycles. The van der Waals surface area contributed by atoms with Crippen LogP contribution in [-0.2, 0) is 9.59 Å². The Bertz CT molecular complexity index is 673. The lowest BCUT2D eigenvalue weighted by Gasteiger charge is -2.42. The van der Waals surface area contributed by atoms with E-state index in [0.717, 1.165) is 38.1 Å². The summed E-state index contributed by atoms with van der Waals surface area (Å²) >= 11 is 0. The first-order valence-electron chi connectivity index (χ1n) is 10.4. The van der Waals surface area contributed by atoms with E-state index in [-0.39, 0.29) is 11.3 Å². The highest BCUT2D eigenvalue weighted by atomic mass is 16.5. The largest absolute Gasteiger partial charge is 0.493 e. The van der Waals surface area contributed by atoms with Crippen molar-refractivity contribution >= 4 is 11.8 Å². The van der Waals surface area contributed by atoms with Gasteiger partial charge in [0, 0.05) is 26.2 Å². The van der Waals surface area contributed by atoms with Crippen molar-refractivity contribution in [3.05, 3.63) is 30.3 Å². The van der Waals surface area contributed by atoms with E-state index in [1.165, 1.54) is 19.3 Å². The number of nitrogens with zero attached hydrogens (tertiary/aromatic N) is 2. The minimum Gasteiger partial charge on any atom is -0.493 e. The number of piperidine rings is 1. The summed E-state index contributed by atoms with van der Waals surface area (Å²) in [5, 5.41) is 0. The van der Waals surface area contributed by atoms with Crippen molar-refractivity contribution in [1.29, 1.82) is 0 Å². The van der Waals surface area contributed by atoms with Gasteiger partial charge in [0.05, 0.1) is 18.4 Å². The number of amides is 2. The highest BCUT2D eigenvalue weighted by molar-refractivity contribution is 5.86. The summed E-state index contributed by atoms with van der Waals surface area (Å²) in [6, 6.07) is 9.58. The lowest BCUT2D eigenvalue weighted by molar-refractivity contribution is -0.147. The molecular weight excluding hydrogens is 340 g/mol. The molecule has 5 nitrogen and oxygen atoms in total. The second-order valence-electron chi connectivity index (χ2n) is 8.41. The zero-order valence-electron chi connectivity index (χ0n) is 16.1. The van der Waals surface area contributed by atoms with Crippen molar-refractivity contribution in [2.75, 3.05) is 32.8 Å². The maximum absolute atomic E-state index is 13.2. The predicted molar refractivity (Wildman–Crippen MR) is 103 cm³/mol. The molecule has 0 bridgehead atoms. The lowest BCUT2D eigenvalue weighted by Crippen LogP contribution is -2.52. The zero-order valence-corrected chi connectivity index (χ0v) is 16.1. The standard InChI is InChI=1S/C22H30N2O3/c25-20(10-15-27-19-8-2-1-3-9-19)24-14-12-22(17-24)11-5-13-23(21(22)26)16-18-6-4-7-18/h1-3,8-9,18H,4-7,10-17H2/t22-/m0/s1. The van der Waals surface area contributed by atoms with Crippen LogP contribution < -0.4 is 4.74 Å². The number of rotatable bonds is 6. The van der Waals surface area contributed by atoms with Crippen molar-refractivity contribution in [2.45, 2.75) is 44.9 Å². The van der Waals surface area contributed by atoms with Crippen LogP contribution in [0.5, 0.6) is 5.75 Å². The fraction of sp³-hybridized carbons (Fsp3) is 0.636. The van der Waals surface area contributed by atoms with Crippen molar-refractivity contribution in [2.24, 2.45) is 11.3 Å². The van der Waals surface area contributed by atoms with Crippen molar-refractivity contribution in [3.8, 4) is 5.75 Å². The molecule has 2 saturated heterocycles. The van der Waals surface area contributed by atoms with Gasteiger partial charge >= 0.3 is 0 Å². The van der Waals surface area contributed by atoms with Crippen LogP contribution >= 0.6 is 0 Å². The number of carbonyl (C=O) groups excluding carboxylic acids is 2. The Morgan fingerprint density at radius 3 is 2.67 bits per heavy atom. The highest BCUT2D eigenvalue weighted by Gasteiger charge is 2.49. The van der Waals surface area contributed by atoms with Crippen molar-refractivity contribution in [3.63, 3.8) is 0 Å². The third kappa shape index (κ3) is 3.97. The minimum absolute atomic E-state index is 0.103. The molecule has 2 amide bonds. The molecule has 2 heterocycles. The Hall–Kier alpha value is -2.04. The van der Waals surface area contributed by atoms with Crippen LogP contribution in [0.4, 0.5) is 0 Å². The van der Waals surface area contributed by atoms with E-state index < -0.39 is 0 Å². The summed E-state index contributed by atoms with van der Waals surface area (Å²) in [5.41, 5.74) is -0.321. The number of carbonyl (C=O) groups is 2. The molecule has 146 valence electrons. The van der Waals surface area contributed by atoms with Crippen molar-refractivity contribution in [1.82, 2.24) is 9.80 Å². The van der Waals surface area contributed by atoms with Crippen LogP contribution in [0.3, 0.4) is 0 Å². The van der Waals surface area contributed by atoms with Crippen molar-refractivity contribution < 1.29 is 14.3 Å². The normalized spacial score (nSPS) is 25.7. The van der Waals surface area contributed by atoms with Crippen LogP contribution in [0.15, 0.2) is 30.3 Å². The van der Waals surface area contributed by atoms with Gasteiger partial charge in [-0.1, -0.05) is 24.6 Å². The minimum atomic E-state index is -0.321. The molecule has 0 aromatic heterocycles. The lowest BCUT2D eigenvalue weighted by atomic mass is 9.77. The van der Waals surface area contributed by atoms with Gasteiger partial charge in [-0.05, 0) is 50.2 Å². The maximum atomic E-state index is 13.2. The van der Waals surface area contributed by atoms with E-state index in [1.54, 1.807) is 0 Å². The monoisotopic (exact) mass is 370 g/mol. The summed E-state index contributed by atoms with van der Waals surface area (Å²) in [4.78, 5) is 29.7. The van der Waals surface area contributed by atoms with Crippen LogP contribution in [0.1, 0.15) is 44.9 Å². The first-order chi connectivity index (χ1) is 13.2. The molecule has 5 heteroatoms. The van der Waals surface area contributed by atoms with Gasteiger partial charge < -0.3 is 14.5 Å². The molecule has 1 spiro atoms. The first kappa shape index (κ1) is 18.3. The Morgan fingerprint density at radius 1 is 1.11 bits per heavy atom. The van der Waals surface area contributed by atoms with Gasteiger partial charge in [-0.2, -0.15) is 0 Å². The number of para-hydroxylation sites is 1. The number of hydrogen-bond donors (Lipinski definition) is 0. The molecule has 0 N–H and O–H groups in total. The van der Waals surface area contributed by atoms with Crippen LogP contribution in [0, 0.1) is 11.3 Å². The number of likely N-dealkylation sites (tertiary alicyclic amines) is 2. The number of ether oxygens (including phenoxy) is 1. The fourth-order valence-electron chi connectivity index (χ4n) is 4.71. The zero-order chi connectivity index (χ0) is 18.7. The van der Waals surface area contributed by atoms with Crippen LogP contribution in [0.2, 0.25) is 0 Å². The van der Waals surface area contributed by atoms with Gasteiger partial charge in [0.2, 0.25) is 11.8 Å². The SMILES string of the molecule is O=C(CCOc1ccccc1)N1CC[C@@]2(CCCN(CC3CCC3)C2=O)C1. The second-order valence-corrected chi connectivity index (χ2v) is 8.41. The molecule has 1 saturated carbocycles. The molecule has 3 fully saturated rings. The van der Waals surface area contributed by atoms with E-state index in [0.29, 0.717) is 37.9 Å². The van der Waals surface area contributed by atoms with Gasteiger partial charge in [-0.3, -0.25) is 9.59 Å². The van der Waals surface area contributed by atoms with Crippen LogP contribution in [0.25, 0.3) is 0 Å².